The Balaban J connectivity index is 2.28. The average molecular weight is 290 g/mol. The van der Waals surface area contributed by atoms with Gasteiger partial charge in [0.2, 0.25) is 0 Å². The van der Waals surface area contributed by atoms with Crippen LogP contribution < -0.4 is 5.43 Å². The van der Waals surface area contributed by atoms with E-state index in [1.54, 1.807) is 13.0 Å². The summed E-state index contributed by atoms with van der Waals surface area (Å²) in [5.74, 6) is 0. The fraction of sp³-hybridized carbons (Fsp3) is 0.0714. The average Bonchev–Trinajstić information content (AvgIpc) is 2.45. The fourth-order valence-electron chi connectivity index (χ4n) is 1.67. The van der Waals surface area contributed by atoms with Gasteiger partial charge in [-0.15, -0.1) is 0 Å². The van der Waals surface area contributed by atoms with E-state index in [4.69, 9.17) is 4.55 Å². The molecular weight excluding hydrogens is 276 g/mol. The highest BCUT2D eigenvalue weighted by molar-refractivity contribution is 7.86. The van der Waals surface area contributed by atoms with E-state index in [0.717, 1.165) is 5.56 Å². The predicted octanol–water partition coefficient (Wildman–Crippen LogP) is 2.77. The zero-order valence-electron chi connectivity index (χ0n) is 10.8. The standard InChI is InChI=1S/C14H14N2O3S/c1-11(12-7-3-2-4-8-12)15-16-13-9-5-6-10-14(13)20(17,18)19/h2-10,16H,1H3,(H,17,18,19)/b15-11+. The molecule has 0 spiro atoms. The minimum Gasteiger partial charge on any atom is -0.282 e. The molecule has 104 valence electrons. The van der Waals surface area contributed by atoms with Crippen LogP contribution in [0.25, 0.3) is 0 Å². The lowest BCUT2D eigenvalue weighted by Gasteiger charge is -2.07. The molecule has 0 aliphatic rings. The topological polar surface area (TPSA) is 78.8 Å². The third-order valence-corrected chi connectivity index (χ3v) is 3.61. The molecule has 0 saturated heterocycles. The summed E-state index contributed by atoms with van der Waals surface area (Å²) in [5, 5.41) is 4.13. The lowest BCUT2D eigenvalue weighted by atomic mass is 10.1. The number of hydrazone groups is 1. The first-order valence-electron chi connectivity index (χ1n) is 5.91. The second kappa shape index (κ2) is 5.85. The number of benzene rings is 2. The molecule has 0 saturated carbocycles. The Bertz CT molecular complexity index is 725. The molecule has 2 aromatic carbocycles. The number of para-hydroxylation sites is 1. The maximum atomic E-state index is 11.2. The molecule has 0 aromatic heterocycles. The summed E-state index contributed by atoms with van der Waals surface area (Å²) in [6.07, 6.45) is 0. The zero-order valence-corrected chi connectivity index (χ0v) is 11.6. The molecule has 5 nitrogen and oxygen atoms in total. The van der Waals surface area contributed by atoms with Crippen LogP contribution in [0.4, 0.5) is 5.69 Å². The van der Waals surface area contributed by atoms with Gasteiger partial charge in [0.25, 0.3) is 10.1 Å². The SMILES string of the molecule is C/C(=N\Nc1ccccc1S(=O)(=O)O)c1ccccc1. The van der Waals surface area contributed by atoms with Crippen LogP contribution in [0.15, 0.2) is 64.6 Å². The lowest BCUT2D eigenvalue weighted by Crippen LogP contribution is -2.05. The Hall–Kier alpha value is -2.18. The van der Waals surface area contributed by atoms with Crippen LogP contribution in [0.2, 0.25) is 0 Å². The van der Waals surface area contributed by atoms with E-state index in [0.29, 0.717) is 5.71 Å². The summed E-state index contributed by atoms with van der Waals surface area (Å²) in [6.45, 7) is 1.80. The fourth-order valence-corrected chi connectivity index (χ4v) is 2.31. The highest BCUT2D eigenvalue weighted by Gasteiger charge is 2.14. The van der Waals surface area contributed by atoms with E-state index in [9.17, 15) is 8.42 Å². The minimum absolute atomic E-state index is 0.204. The van der Waals surface area contributed by atoms with Crippen molar-refractivity contribution in [1.82, 2.24) is 0 Å². The van der Waals surface area contributed by atoms with Gasteiger partial charge >= 0.3 is 0 Å². The summed E-state index contributed by atoms with van der Waals surface area (Å²) >= 11 is 0. The van der Waals surface area contributed by atoms with Crippen molar-refractivity contribution in [3.63, 3.8) is 0 Å². The van der Waals surface area contributed by atoms with E-state index in [1.807, 2.05) is 30.3 Å². The van der Waals surface area contributed by atoms with E-state index < -0.39 is 10.1 Å². The van der Waals surface area contributed by atoms with Crippen molar-refractivity contribution in [1.29, 1.82) is 0 Å². The zero-order chi connectivity index (χ0) is 14.6. The Morgan fingerprint density at radius 2 is 1.65 bits per heavy atom. The van der Waals surface area contributed by atoms with Crippen molar-refractivity contribution in [3.05, 3.63) is 60.2 Å². The van der Waals surface area contributed by atoms with Crippen molar-refractivity contribution in [2.75, 3.05) is 5.43 Å². The van der Waals surface area contributed by atoms with Gasteiger partial charge in [0, 0.05) is 0 Å². The molecule has 0 atom stereocenters. The van der Waals surface area contributed by atoms with Crippen LogP contribution in [0.5, 0.6) is 0 Å². The first-order valence-corrected chi connectivity index (χ1v) is 7.35. The first-order chi connectivity index (χ1) is 9.48. The van der Waals surface area contributed by atoms with Crippen LogP contribution in [0.1, 0.15) is 12.5 Å². The molecule has 2 rings (SSSR count). The highest BCUT2D eigenvalue weighted by Crippen LogP contribution is 2.20. The normalized spacial score (nSPS) is 12.2. The predicted molar refractivity (Wildman–Crippen MR) is 78.5 cm³/mol. The van der Waals surface area contributed by atoms with Crippen LogP contribution in [-0.2, 0) is 10.1 Å². The van der Waals surface area contributed by atoms with Crippen LogP contribution in [0, 0.1) is 0 Å². The van der Waals surface area contributed by atoms with Crippen molar-refractivity contribution in [2.24, 2.45) is 5.10 Å². The summed E-state index contributed by atoms with van der Waals surface area (Å²) in [6, 6.07) is 15.5. The van der Waals surface area contributed by atoms with Crippen molar-refractivity contribution < 1.29 is 13.0 Å². The Morgan fingerprint density at radius 3 is 2.30 bits per heavy atom. The number of hydrogen-bond donors (Lipinski definition) is 2. The van der Waals surface area contributed by atoms with Crippen LogP contribution in [-0.4, -0.2) is 18.7 Å². The third-order valence-electron chi connectivity index (χ3n) is 2.70. The lowest BCUT2D eigenvalue weighted by molar-refractivity contribution is 0.483. The third kappa shape index (κ3) is 3.43. The molecule has 0 aliphatic carbocycles. The smallest absolute Gasteiger partial charge is 0.282 e. The van der Waals surface area contributed by atoms with Gasteiger partial charge in [-0.3, -0.25) is 9.98 Å². The second-order valence-electron chi connectivity index (χ2n) is 4.15. The van der Waals surface area contributed by atoms with Gasteiger partial charge < -0.3 is 0 Å². The highest BCUT2D eigenvalue weighted by atomic mass is 32.2. The molecule has 0 unspecified atom stereocenters. The minimum atomic E-state index is -4.28. The Kier molecular flexibility index (Phi) is 4.16. The van der Waals surface area contributed by atoms with Crippen LogP contribution >= 0.6 is 0 Å². The Morgan fingerprint density at radius 1 is 1.05 bits per heavy atom. The van der Waals surface area contributed by atoms with Gasteiger partial charge in [0.05, 0.1) is 11.4 Å². The molecule has 0 aliphatic heterocycles. The summed E-state index contributed by atoms with van der Waals surface area (Å²) in [7, 11) is -4.28. The molecule has 0 radical (unpaired) electrons. The molecule has 6 heteroatoms. The van der Waals surface area contributed by atoms with Crippen molar-refractivity contribution >= 4 is 21.5 Å². The van der Waals surface area contributed by atoms with Crippen LogP contribution in [0.3, 0.4) is 0 Å². The van der Waals surface area contributed by atoms with E-state index in [2.05, 4.69) is 10.5 Å². The van der Waals surface area contributed by atoms with Gasteiger partial charge in [-0.1, -0.05) is 42.5 Å². The first kappa shape index (κ1) is 14.2. The molecule has 2 N–H and O–H groups in total. The van der Waals surface area contributed by atoms with Gasteiger partial charge in [0.1, 0.15) is 4.90 Å². The number of nitrogens with one attached hydrogen (secondary N) is 1. The number of hydrogen-bond acceptors (Lipinski definition) is 4. The maximum absolute atomic E-state index is 11.2. The largest absolute Gasteiger partial charge is 0.296 e. The number of nitrogens with zero attached hydrogens (tertiary/aromatic N) is 1. The summed E-state index contributed by atoms with van der Waals surface area (Å²) in [5.41, 5.74) is 4.52. The quantitative estimate of drug-likeness (QED) is 0.515. The van der Waals surface area contributed by atoms with E-state index in [1.165, 1.54) is 18.2 Å². The molecule has 0 amide bonds. The van der Waals surface area contributed by atoms with Gasteiger partial charge in [-0.05, 0) is 24.6 Å². The molecule has 0 fully saturated rings. The molecule has 2 aromatic rings. The monoisotopic (exact) mass is 290 g/mol. The van der Waals surface area contributed by atoms with Gasteiger partial charge in [-0.25, -0.2) is 0 Å². The molecule has 0 bridgehead atoms. The van der Waals surface area contributed by atoms with Crippen molar-refractivity contribution in [3.8, 4) is 0 Å². The summed E-state index contributed by atoms with van der Waals surface area (Å²) < 4.78 is 31.6. The summed E-state index contributed by atoms with van der Waals surface area (Å²) in [4.78, 5) is -0.204. The number of anilines is 1. The van der Waals surface area contributed by atoms with Crippen molar-refractivity contribution in [2.45, 2.75) is 11.8 Å². The van der Waals surface area contributed by atoms with E-state index >= 15 is 0 Å². The molecule has 0 heterocycles. The number of rotatable bonds is 4. The Labute approximate surface area is 117 Å². The van der Waals surface area contributed by atoms with Gasteiger partial charge in [-0.2, -0.15) is 13.5 Å². The van der Waals surface area contributed by atoms with E-state index in [-0.39, 0.29) is 10.6 Å². The molecular formula is C14H14N2O3S. The maximum Gasteiger partial charge on any atom is 0.296 e. The second-order valence-corrected chi connectivity index (χ2v) is 5.54. The van der Waals surface area contributed by atoms with Gasteiger partial charge in [0.15, 0.2) is 0 Å². The molecule has 20 heavy (non-hydrogen) atoms.